The lowest BCUT2D eigenvalue weighted by Crippen LogP contribution is -2.57. The monoisotopic (exact) mass is 386 g/mol. The van der Waals surface area contributed by atoms with Crippen molar-refractivity contribution in [3.05, 3.63) is 45.9 Å². The Morgan fingerprint density at radius 2 is 1.83 bits per heavy atom. The lowest BCUT2D eigenvalue weighted by atomic mass is 9.92. The SMILES string of the molecule is O=C1CCC(N2C(=O)c3cccc4ccc(Br)c(c34)C2=O)C(=O)N1. The molecular formula is C17H11BrN2O4. The zero-order chi connectivity index (χ0) is 17.0. The molecule has 1 unspecified atom stereocenters. The van der Waals surface area contributed by atoms with Crippen molar-refractivity contribution in [2.75, 3.05) is 0 Å². The van der Waals surface area contributed by atoms with E-state index >= 15 is 0 Å². The van der Waals surface area contributed by atoms with Gasteiger partial charge in [-0.15, -0.1) is 0 Å². The van der Waals surface area contributed by atoms with Gasteiger partial charge in [-0.2, -0.15) is 0 Å². The van der Waals surface area contributed by atoms with Gasteiger partial charge in [0.25, 0.3) is 11.8 Å². The van der Waals surface area contributed by atoms with Crippen molar-refractivity contribution in [1.29, 1.82) is 0 Å². The first kappa shape index (κ1) is 15.0. The molecule has 2 aliphatic heterocycles. The maximum Gasteiger partial charge on any atom is 0.263 e. The third kappa shape index (κ3) is 2.01. The highest BCUT2D eigenvalue weighted by molar-refractivity contribution is 9.10. The smallest absolute Gasteiger partial charge is 0.263 e. The van der Waals surface area contributed by atoms with E-state index in [1.165, 1.54) is 0 Å². The fourth-order valence-corrected chi connectivity index (χ4v) is 3.80. The van der Waals surface area contributed by atoms with Gasteiger partial charge in [0.1, 0.15) is 6.04 Å². The van der Waals surface area contributed by atoms with Gasteiger partial charge in [-0.05, 0) is 39.9 Å². The van der Waals surface area contributed by atoms with E-state index < -0.39 is 29.7 Å². The quantitative estimate of drug-likeness (QED) is 0.759. The number of carbonyl (C=O) groups excluding carboxylic acids is 4. The summed E-state index contributed by atoms with van der Waals surface area (Å²) in [5.74, 6) is -2.04. The predicted molar refractivity (Wildman–Crippen MR) is 88.3 cm³/mol. The third-order valence-electron chi connectivity index (χ3n) is 4.40. The average molecular weight is 387 g/mol. The maximum absolute atomic E-state index is 13.0. The largest absolute Gasteiger partial charge is 0.295 e. The molecule has 0 bridgehead atoms. The Labute approximate surface area is 144 Å². The van der Waals surface area contributed by atoms with E-state index in [4.69, 9.17) is 0 Å². The molecule has 2 aromatic carbocycles. The van der Waals surface area contributed by atoms with Crippen LogP contribution in [0.5, 0.6) is 0 Å². The minimum absolute atomic E-state index is 0.0977. The zero-order valence-corrected chi connectivity index (χ0v) is 13.9. The molecular weight excluding hydrogens is 376 g/mol. The molecule has 0 saturated carbocycles. The van der Waals surface area contributed by atoms with Crippen LogP contribution in [0.25, 0.3) is 10.8 Å². The van der Waals surface area contributed by atoms with E-state index in [-0.39, 0.29) is 12.8 Å². The number of piperidine rings is 1. The molecule has 7 heteroatoms. The van der Waals surface area contributed by atoms with Crippen LogP contribution in [0.4, 0.5) is 0 Å². The first-order valence-electron chi connectivity index (χ1n) is 7.42. The fraction of sp³-hybridized carbons (Fsp3) is 0.176. The van der Waals surface area contributed by atoms with Crippen molar-refractivity contribution in [3.8, 4) is 0 Å². The Hall–Kier alpha value is -2.54. The van der Waals surface area contributed by atoms with Gasteiger partial charge in [0.05, 0.1) is 5.56 Å². The zero-order valence-electron chi connectivity index (χ0n) is 12.3. The molecule has 1 atom stereocenters. The number of rotatable bonds is 1. The van der Waals surface area contributed by atoms with Gasteiger partial charge in [0.2, 0.25) is 11.8 Å². The van der Waals surface area contributed by atoms with E-state index in [9.17, 15) is 19.2 Å². The number of hydrogen-bond donors (Lipinski definition) is 1. The van der Waals surface area contributed by atoms with Crippen LogP contribution >= 0.6 is 15.9 Å². The van der Waals surface area contributed by atoms with Crippen molar-refractivity contribution < 1.29 is 19.2 Å². The molecule has 4 rings (SSSR count). The van der Waals surface area contributed by atoms with E-state index in [1.54, 1.807) is 18.2 Å². The summed E-state index contributed by atoms with van der Waals surface area (Å²) >= 11 is 3.37. The number of halogens is 1. The molecule has 120 valence electrons. The van der Waals surface area contributed by atoms with Gasteiger partial charge in [-0.1, -0.05) is 18.2 Å². The van der Waals surface area contributed by atoms with Gasteiger partial charge < -0.3 is 0 Å². The summed E-state index contributed by atoms with van der Waals surface area (Å²) in [5.41, 5.74) is 0.750. The second kappa shape index (κ2) is 5.24. The molecule has 0 aliphatic carbocycles. The Morgan fingerprint density at radius 3 is 2.58 bits per heavy atom. The van der Waals surface area contributed by atoms with Crippen molar-refractivity contribution in [1.82, 2.24) is 10.2 Å². The molecule has 1 saturated heterocycles. The van der Waals surface area contributed by atoms with Crippen molar-refractivity contribution >= 4 is 50.3 Å². The fourth-order valence-electron chi connectivity index (χ4n) is 3.30. The van der Waals surface area contributed by atoms with Crippen LogP contribution in [-0.2, 0) is 9.59 Å². The van der Waals surface area contributed by atoms with Gasteiger partial charge in [0.15, 0.2) is 0 Å². The number of nitrogens with one attached hydrogen (secondary N) is 1. The summed E-state index contributed by atoms with van der Waals surface area (Å²) in [6.07, 6.45) is 0.235. The van der Waals surface area contributed by atoms with Crippen LogP contribution in [0.3, 0.4) is 0 Å². The van der Waals surface area contributed by atoms with Crippen LogP contribution in [0, 0.1) is 0 Å². The average Bonchev–Trinajstić information content (AvgIpc) is 2.55. The summed E-state index contributed by atoms with van der Waals surface area (Å²) in [4.78, 5) is 50.3. The molecule has 0 spiro atoms. The van der Waals surface area contributed by atoms with Gasteiger partial charge in [-0.3, -0.25) is 29.4 Å². The number of benzene rings is 2. The molecule has 1 fully saturated rings. The molecule has 1 N–H and O–H groups in total. The first-order valence-corrected chi connectivity index (χ1v) is 8.21. The molecule has 24 heavy (non-hydrogen) atoms. The number of amides is 4. The van der Waals surface area contributed by atoms with Crippen LogP contribution in [0.15, 0.2) is 34.8 Å². The summed E-state index contributed by atoms with van der Waals surface area (Å²) in [5, 5.41) is 3.57. The van der Waals surface area contributed by atoms with Crippen LogP contribution in [0.2, 0.25) is 0 Å². The molecule has 0 aromatic heterocycles. The lowest BCUT2D eigenvalue weighted by molar-refractivity contribution is -0.136. The normalized spacial score (nSPS) is 20.5. The van der Waals surface area contributed by atoms with Gasteiger partial charge >= 0.3 is 0 Å². The van der Waals surface area contributed by atoms with E-state index in [2.05, 4.69) is 21.2 Å². The number of imide groups is 2. The number of hydrogen-bond acceptors (Lipinski definition) is 4. The van der Waals surface area contributed by atoms with E-state index in [0.717, 1.165) is 10.3 Å². The number of carbonyl (C=O) groups is 4. The highest BCUT2D eigenvalue weighted by Crippen LogP contribution is 2.36. The topological polar surface area (TPSA) is 83.6 Å². The molecule has 6 nitrogen and oxygen atoms in total. The van der Waals surface area contributed by atoms with Gasteiger partial charge in [-0.25, -0.2) is 0 Å². The van der Waals surface area contributed by atoms with Crippen molar-refractivity contribution in [2.45, 2.75) is 18.9 Å². The van der Waals surface area contributed by atoms with E-state index in [0.29, 0.717) is 21.0 Å². The Kier molecular flexibility index (Phi) is 3.28. The molecule has 2 heterocycles. The second-order valence-electron chi connectivity index (χ2n) is 5.77. The molecule has 2 aliphatic rings. The molecule has 4 amide bonds. The van der Waals surface area contributed by atoms with Gasteiger partial charge in [0, 0.05) is 21.8 Å². The summed E-state index contributed by atoms with van der Waals surface area (Å²) in [6.45, 7) is 0. The first-order chi connectivity index (χ1) is 11.5. The standard InChI is InChI=1S/C17H11BrN2O4/c18-10-5-4-8-2-1-3-9-13(8)14(10)17(24)20(16(9)23)11-6-7-12(21)19-15(11)22/h1-5,11H,6-7H2,(H,19,21,22). The minimum Gasteiger partial charge on any atom is -0.295 e. The highest BCUT2D eigenvalue weighted by atomic mass is 79.9. The summed E-state index contributed by atoms with van der Waals surface area (Å²) in [7, 11) is 0. The lowest BCUT2D eigenvalue weighted by Gasteiger charge is -2.34. The molecule has 2 aromatic rings. The van der Waals surface area contributed by atoms with Crippen LogP contribution < -0.4 is 5.32 Å². The van der Waals surface area contributed by atoms with Crippen molar-refractivity contribution in [2.24, 2.45) is 0 Å². The predicted octanol–water partition coefficient (Wildman–Crippen LogP) is 2.00. The van der Waals surface area contributed by atoms with Crippen LogP contribution in [-0.4, -0.2) is 34.6 Å². The van der Waals surface area contributed by atoms with Crippen LogP contribution in [0.1, 0.15) is 33.6 Å². The Morgan fingerprint density at radius 1 is 1.04 bits per heavy atom. The van der Waals surface area contributed by atoms with E-state index in [1.807, 2.05) is 12.1 Å². The van der Waals surface area contributed by atoms with Crippen molar-refractivity contribution in [3.63, 3.8) is 0 Å². The summed E-state index contributed by atoms with van der Waals surface area (Å²) < 4.78 is 0.567. The Bertz CT molecular complexity index is 953. The Balaban J connectivity index is 1.90. The molecule has 0 radical (unpaired) electrons. The second-order valence-corrected chi connectivity index (χ2v) is 6.63. The summed E-state index contributed by atoms with van der Waals surface area (Å²) in [6, 6.07) is 7.82. The minimum atomic E-state index is -0.974. The third-order valence-corrected chi connectivity index (χ3v) is 5.06. The number of nitrogens with zero attached hydrogens (tertiary/aromatic N) is 1. The maximum atomic E-state index is 13.0. The highest BCUT2D eigenvalue weighted by Gasteiger charge is 2.43.